The number of aliphatic hydroxyl groups excluding tert-OH is 1. The fraction of sp³-hybridized carbons (Fsp3) is 0.500. The first-order chi connectivity index (χ1) is 8.02. The highest BCUT2D eigenvalue weighted by Crippen LogP contribution is 2.13. The minimum atomic E-state index is -0.568. The van der Waals surface area contributed by atoms with Gasteiger partial charge in [0.15, 0.2) is 0 Å². The van der Waals surface area contributed by atoms with E-state index in [4.69, 9.17) is 10.5 Å². The Morgan fingerprint density at radius 3 is 2.82 bits per heavy atom. The molecule has 1 aromatic carbocycles. The molecule has 1 unspecified atom stereocenters. The number of likely N-dealkylation sites (N-methyl/N-ethyl adjacent to an activating group) is 1. The van der Waals surface area contributed by atoms with Crippen LogP contribution in [0.4, 0.5) is 10.1 Å². The summed E-state index contributed by atoms with van der Waals surface area (Å²) in [4.78, 5) is 1.83. The first-order valence-corrected chi connectivity index (χ1v) is 5.42. The third kappa shape index (κ3) is 4.68. The molecule has 96 valence electrons. The van der Waals surface area contributed by atoms with E-state index in [-0.39, 0.29) is 12.4 Å². The average molecular weight is 242 g/mol. The molecule has 0 saturated carbocycles. The van der Waals surface area contributed by atoms with Crippen LogP contribution in [0.2, 0.25) is 0 Å². The van der Waals surface area contributed by atoms with Crippen molar-refractivity contribution in [3.8, 4) is 0 Å². The zero-order chi connectivity index (χ0) is 12.8. The molecule has 0 heterocycles. The Labute approximate surface area is 101 Å². The topological polar surface area (TPSA) is 58.7 Å². The lowest BCUT2D eigenvalue weighted by atomic mass is 10.2. The van der Waals surface area contributed by atoms with E-state index in [1.54, 1.807) is 12.1 Å². The zero-order valence-corrected chi connectivity index (χ0v) is 10.2. The van der Waals surface area contributed by atoms with Crippen molar-refractivity contribution in [1.82, 2.24) is 4.90 Å². The van der Waals surface area contributed by atoms with Crippen molar-refractivity contribution >= 4 is 5.69 Å². The molecule has 0 radical (unpaired) electrons. The van der Waals surface area contributed by atoms with E-state index in [0.29, 0.717) is 24.3 Å². The molecule has 5 heteroatoms. The standard InChI is InChI=1S/C12H19FN2O2/c1-15(7-11(16)8-17-2)6-9-3-4-10(14)5-12(9)13/h3-5,11,16H,6-8,14H2,1-2H3. The number of rotatable bonds is 6. The van der Waals surface area contributed by atoms with Gasteiger partial charge in [0.25, 0.3) is 0 Å². The first kappa shape index (κ1) is 13.9. The zero-order valence-electron chi connectivity index (χ0n) is 10.2. The van der Waals surface area contributed by atoms with Gasteiger partial charge in [0.1, 0.15) is 5.82 Å². The molecule has 3 N–H and O–H groups in total. The van der Waals surface area contributed by atoms with Crippen molar-refractivity contribution in [3.05, 3.63) is 29.6 Å². The quantitative estimate of drug-likeness (QED) is 0.726. The number of ether oxygens (including phenoxy) is 1. The van der Waals surface area contributed by atoms with Gasteiger partial charge < -0.3 is 15.6 Å². The molecule has 17 heavy (non-hydrogen) atoms. The second kappa shape index (κ2) is 6.54. The molecule has 0 aromatic heterocycles. The number of aliphatic hydroxyl groups is 1. The lowest BCUT2D eigenvalue weighted by Crippen LogP contribution is -2.31. The van der Waals surface area contributed by atoms with Gasteiger partial charge in [-0.15, -0.1) is 0 Å². The predicted molar refractivity (Wildman–Crippen MR) is 65.0 cm³/mol. The van der Waals surface area contributed by atoms with Crippen LogP contribution >= 0.6 is 0 Å². The van der Waals surface area contributed by atoms with E-state index in [2.05, 4.69) is 0 Å². The molecule has 0 aliphatic rings. The van der Waals surface area contributed by atoms with Crippen LogP contribution in [0.5, 0.6) is 0 Å². The maximum Gasteiger partial charge on any atom is 0.129 e. The van der Waals surface area contributed by atoms with Crippen LogP contribution < -0.4 is 5.73 Å². The second-order valence-electron chi connectivity index (χ2n) is 4.16. The smallest absolute Gasteiger partial charge is 0.129 e. The van der Waals surface area contributed by atoms with Crippen LogP contribution in [0.1, 0.15) is 5.56 Å². The highest BCUT2D eigenvalue weighted by Gasteiger charge is 2.10. The summed E-state index contributed by atoms with van der Waals surface area (Å²) in [6.07, 6.45) is -0.568. The van der Waals surface area contributed by atoms with Crippen molar-refractivity contribution in [3.63, 3.8) is 0 Å². The number of hydrogen-bond donors (Lipinski definition) is 2. The van der Waals surface area contributed by atoms with Gasteiger partial charge in [0, 0.05) is 31.5 Å². The maximum absolute atomic E-state index is 13.5. The fourth-order valence-electron chi connectivity index (χ4n) is 1.65. The van der Waals surface area contributed by atoms with Crippen molar-refractivity contribution in [2.75, 3.05) is 33.0 Å². The largest absolute Gasteiger partial charge is 0.399 e. The van der Waals surface area contributed by atoms with E-state index in [1.165, 1.54) is 13.2 Å². The van der Waals surface area contributed by atoms with Crippen molar-refractivity contribution in [2.24, 2.45) is 0 Å². The highest BCUT2D eigenvalue weighted by atomic mass is 19.1. The van der Waals surface area contributed by atoms with E-state index >= 15 is 0 Å². The third-order valence-corrected chi connectivity index (χ3v) is 2.40. The molecule has 0 amide bonds. The van der Waals surface area contributed by atoms with E-state index in [9.17, 15) is 9.50 Å². The van der Waals surface area contributed by atoms with Gasteiger partial charge in [-0.25, -0.2) is 4.39 Å². The number of hydrogen-bond acceptors (Lipinski definition) is 4. The van der Waals surface area contributed by atoms with Crippen LogP contribution in [0.25, 0.3) is 0 Å². The van der Waals surface area contributed by atoms with Crippen molar-refractivity contribution in [1.29, 1.82) is 0 Å². The maximum atomic E-state index is 13.5. The van der Waals surface area contributed by atoms with Gasteiger partial charge in [-0.3, -0.25) is 4.90 Å². The number of anilines is 1. The normalized spacial score (nSPS) is 13.0. The average Bonchev–Trinajstić information content (AvgIpc) is 2.22. The van der Waals surface area contributed by atoms with Crippen LogP contribution in [-0.4, -0.2) is 43.4 Å². The van der Waals surface area contributed by atoms with Crippen LogP contribution in [0.3, 0.4) is 0 Å². The van der Waals surface area contributed by atoms with E-state index in [0.717, 1.165) is 0 Å². The van der Waals surface area contributed by atoms with E-state index < -0.39 is 6.10 Å². The molecule has 4 nitrogen and oxygen atoms in total. The highest BCUT2D eigenvalue weighted by molar-refractivity contribution is 5.40. The Morgan fingerprint density at radius 1 is 1.53 bits per heavy atom. The minimum absolute atomic E-state index is 0.272. The summed E-state index contributed by atoms with van der Waals surface area (Å²) in [5.74, 6) is -0.321. The molecule has 0 fully saturated rings. The Hall–Kier alpha value is -1.17. The van der Waals surface area contributed by atoms with Gasteiger partial charge in [-0.05, 0) is 19.2 Å². The van der Waals surface area contributed by atoms with Gasteiger partial charge >= 0.3 is 0 Å². The molecular formula is C12H19FN2O2. The number of nitrogens with two attached hydrogens (primary N) is 1. The van der Waals surface area contributed by atoms with E-state index in [1.807, 2.05) is 11.9 Å². The fourth-order valence-corrected chi connectivity index (χ4v) is 1.65. The number of halogens is 1. The molecule has 1 rings (SSSR count). The third-order valence-electron chi connectivity index (χ3n) is 2.40. The lowest BCUT2D eigenvalue weighted by Gasteiger charge is -2.20. The van der Waals surface area contributed by atoms with Gasteiger partial charge in [-0.2, -0.15) is 0 Å². The summed E-state index contributed by atoms with van der Waals surface area (Å²) in [5, 5.41) is 9.53. The van der Waals surface area contributed by atoms with Crippen molar-refractivity contribution in [2.45, 2.75) is 12.6 Å². The number of methoxy groups -OCH3 is 1. The Bertz CT molecular complexity index is 360. The van der Waals surface area contributed by atoms with Gasteiger partial charge in [0.05, 0.1) is 12.7 Å². The summed E-state index contributed by atoms with van der Waals surface area (Å²) in [7, 11) is 3.34. The second-order valence-corrected chi connectivity index (χ2v) is 4.16. The lowest BCUT2D eigenvalue weighted by molar-refractivity contribution is 0.0417. The number of nitrogens with zero attached hydrogens (tertiary/aromatic N) is 1. The molecule has 1 atom stereocenters. The van der Waals surface area contributed by atoms with Crippen LogP contribution in [0.15, 0.2) is 18.2 Å². The van der Waals surface area contributed by atoms with Gasteiger partial charge in [0.2, 0.25) is 0 Å². The summed E-state index contributed by atoms with van der Waals surface area (Å²) in [5.41, 5.74) is 6.44. The summed E-state index contributed by atoms with van der Waals surface area (Å²) in [6.45, 7) is 1.12. The molecule has 0 aliphatic carbocycles. The summed E-state index contributed by atoms with van der Waals surface area (Å²) in [6, 6.07) is 4.62. The van der Waals surface area contributed by atoms with Crippen molar-refractivity contribution < 1.29 is 14.2 Å². The molecule has 0 saturated heterocycles. The Morgan fingerprint density at radius 2 is 2.24 bits per heavy atom. The van der Waals surface area contributed by atoms with Crippen LogP contribution in [0, 0.1) is 5.82 Å². The predicted octanol–water partition coefficient (Wildman–Crippen LogP) is 0.847. The first-order valence-electron chi connectivity index (χ1n) is 5.42. The number of benzene rings is 1. The number of nitrogen functional groups attached to an aromatic ring is 1. The summed E-state index contributed by atoms with van der Waals surface area (Å²) >= 11 is 0. The monoisotopic (exact) mass is 242 g/mol. The molecule has 0 spiro atoms. The molecular weight excluding hydrogens is 223 g/mol. The minimum Gasteiger partial charge on any atom is -0.399 e. The Kier molecular flexibility index (Phi) is 5.34. The summed E-state index contributed by atoms with van der Waals surface area (Å²) < 4.78 is 18.3. The molecule has 1 aromatic rings. The van der Waals surface area contributed by atoms with Crippen LogP contribution in [-0.2, 0) is 11.3 Å². The molecule has 0 aliphatic heterocycles. The SMILES string of the molecule is COCC(O)CN(C)Cc1ccc(N)cc1F. The Balaban J connectivity index is 2.52. The van der Waals surface area contributed by atoms with Gasteiger partial charge in [-0.1, -0.05) is 6.07 Å². The molecule has 0 bridgehead atoms.